The number of carbonyl (C=O) groups excluding carboxylic acids is 1. The minimum atomic E-state index is -0.213. The number of nitrogens with two attached hydrogens (primary N) is 1. The predicted molar refractivity (Wildman–Crippen MR) is 120 cm³/mol. The molecule has 3 aromatic rings. The Morgan fingerprint density at radius 1 is 1.18 bits per heavy atom. The van der Waals surface area contributed by atoms with E-state index < -0.39 is 0 Å². The summed E-state index contributed by atoms with van der Waals surface area (Å²) in [7, 11) is 0. The molecule has 11 heteroatoms. The number of thiazole rings is 1. The van der Waals surface area contributed by atoms with Crippen molar-refractivity contribution in [3.05, 3.63) is 23.1 Å². The van der Waals surface area contributed by atoms with Crippen molar-refractivity contribution in [2.75, 3.05) is 35.8 Å². The number of hydrogen-bond donors (Lipinski definition) is 2. The third kappa shape index (κ3) is 4.07. The van der Waals surface area contributed by atoms with E-state index in [1.807, 2.05) is 6.07 Å². The van der Waals surface area contributed by atoms with Crippen LogP contribution < -0.4 is 25.4 Å². The molecule has 0 fully saturated rings. The van der Waals surface area contributed by atoms with Crippen LogP contribution in [0.15, 0.2) is 18.2 Å². The molecule has 0 radical (unpaired) electrons. The van der Waals surface area contributed by atoms with Gasteiger partial charge in [-0.25, -0.2) is 4.98 Å². The van der Waals surface area contributed by atoms with Gasteiger partial charge >= 0.3 is 0 Å². The maximum Gasteiger partial charge on any atom is 0.265 e. The van der Waals surface area contributed by atoms with E-state index in [2.05, 4.69) is 29.0 Å². The number of amides is 1. The average molecular weight is 463 g/mol. The molecule has 2 aromatic heterocycles. The standard InChI is InChI=1S/C17H18N4O3S2.2ClH/c1-3-21(4-2)17-20-16-14(26-17)7-13(25-16)15(22)19-10-6-12-11(5-9(10)18)23-8-24-12;;/h5-7H,3-4,8,18H2,1-2H3,(H,19,22);2*1H. The molecule has 3 heterocycles. The molecular weight excluding hydrogens is 443 g/mol. The van der Waals surface area contributed by atoms with Crippen LogP contribution >= 0.6 is 47.5 Å². The smallest absolute Gasteiger partial charge is 0.265 e. The normalized spacial score (nSPS) is 11.6. The molecule has 0 bridgehead atoms. The molecule has 3 N–H and O–H groups in total. The van der Waals surface area contributed by atoms with E-state index in [0.717, 1.165) is 27.8 Å². The number of fused-ring (bicyclic) bond motifs is 2. The highest BCUT2D eigenvalue weighted by Gasteiger charge is 2.20. The average Bonchev–Trinajstić information content (AvgIpc) is 3.30. The van der Waals surface area contributed by atoms with E-state index in [4.69, 9.17) is 15.2 Å². The topological polar surface area (TPSA) is 89.7 Å². The minimum Gasteiger partial charge on any atom is -0.454 e. The lowest BCUT2D eigenvalue weighted by Gasteiger charge is -2.16. The van der Waals surface area contributed by atoms with Crippen LogP contribution in [0.1, 0.15) is 23.5 Å². The summed E-state index contributed by atoms with van der Waals surface area (Å²) in [6.45, 7) is 6.19. The van der Waals surface area contributed by atoms with Gasteiger partial charge in [-0.15, -0.1) is 36.2 Å². The van der Waals surface area contributed by atoms with Crippen LogP contribution in [0.3, 0.4) is 0 Å². The Morgan fingerprint density at radius 3 is 2.50 bits per heavy atom. The van der Waals surface area contributed by atoms with Crippen molar-refractivity contribution in [2.45, 2.75) is 13.8 Å². The van der Waals surface area contributed by atoms with E-state index in [0.29, 0.717) is 27.8 Å². The molecule has 1 aromatic carbocycles. The lowest BCUT2D eigenvalue weighted by atomic mass is 10.2. The summed E-state index contributed by atoms with van der Waals surface area (Å²) in [6.07, 6.45) is 0. The molecule has 0 aliphatic carbocycles. The summed E-state index contributed by atoms with van der Waals surface area (Å²) in [5.74, 6) is 0.951. The third-order valence-electron chi connectivity index (χ3n) is 4.13. The Hall–Kier alpha value is -1.94. The fourth-order valence-electron chi connectivity index (χ4n) is 2.71. The van der Waals surface area contributed by atoms with Crippen molar-refractivity contribution in [3.63, 3.8) is 0 Å². The van der Waals surface area contributed by atoms with Gasteiger partial charge in [-0.3, -0.25) is 4.79 Å². The van der Waals surface area contributed by atoms with Crippen LogP contribution in [0.25, 0.3) is 9.53 Å². The Kier molecular flexibility index (Phi) is 7.22. The first-order valence-corrected chi connectivity index (χ1v) is 9.88. The zero-order valence-electron chi connectivity index (χ0n) is 15.2. The number of rotatable bonds is 5. The van der Waals surface area contributed by atoms with Gasteiger partial charge < -0.3 is 25.4 Å². The lowest BCUT2D eigenvalue weighted by Crippen LogP contribution is -2.21. The Labute approximate surface area is 182 Å². The number of thiophene rings is 1. The van der Waals surface area contributed by atoms with Gasteiger partial charge in [0, 0.05) is 25.2 Å². The highest BCUT2D eigenvalue weighted by molar-refractivity contribution is 7.29. The molecule has 4 rings (SSSR count). The number of ether oxygens (including phenoxy) is 2. The van der Waals surface area contributed by atoms with Crippen molar-refractivity contribution in [3.8, 4) is 11.5 Å². The fourth-order valence-corrected chi connectivity index (χ4v) is 4.95. The van der Waals surface area contributed by atoms with Crippen molar-refractivity contribution in [1.82, 2.24) is 4.98 Å². The lowest BCUT2D eigenvalue weighted by molar-refractivity contribution is 0.103. The monoisotopic (exact) mass is 462 g/mol. The molecule has 152 valence electrons. The second kappa shape index (κ2) is 9.04. The summed E-state index contributed by atoms with van der Waals surface area (Å²) in [5.41, 5.74) is 6.94. The second-order valence-electron chi connectivity index (χ2n) is 5.70. The van der Waals surface area contributed by atoms with Crippen molar-refractivity contribution < 1.29 is 14.3 Å². The van der Waals surface area contributed by atoms with Crippen LogP contribution in [0, 0.1) is 0 Å². The van der Waals surface area contributed by atoms with Gasteiger partial charge in [0.15, 0.2) is 16.6 Å². The van der Waals surface area contributed by atoms with Crippen molar-refractivity contribution in [2.24, 2.45) is 0 Å². The summed E-state index contributed by atoms with van der Waals surface area (Å²) in [5, 5.41) is 3.83. The van der Waals surface area contributed by atoms with E-state index in [-0.39, 0.29) is 37.5 Å². The summed E-state index contributed by atoms with van der Waals surface area (Å²) < 4.78 is 11.6. The van der Waals surface area contributed by atoms with Crippen LogP contribution in [0.5, 0.6) is 11.5 Å². The van der Waals surface area contributed by atoms with E-state index in [1.54, 1.807) is 23.5 Å². The molecule has 1 aliphatic rings. The molecule has 0 spiro atoms. The molecule has 0 unspecified atom stereocenters. The van der Waals surface area contributed by atoms with Gasteiger partial charge in [-0.05, 0) is 19.9 Å². The number of nitrogens with zero attached hydrogens (tertiary/aromatic N) is 2. The number of nitrogen functional groups attached to an aromatic ring is 1. The first-order chi connectivity index (χ1) is 12.6. The largest absolute Gasteiger partial charge is 0.454 e. The highest BCUT2D eigenvalue weighted by atomic mass is 35.5. The predicted octanol–water partition coefficient (Wildman–Crippen LogP) is 4.61. The number of hydrogen-bond acceptors (Lipinski definition) is 8. The Balaban J connectivity index is 0.00000140. The summed E-state index contributed by atoms with van der Waals surface area (Å²) >= 11 is 2.98. The molecule has 1 aliphatic heterocycles. The van der Waals surface area contributed by atoms with Gasteiger partial charge in [0.2, 0.25) is 6.79 Å². The van der Waals surface area contributed by atoms with Gasteiger partial charge in [0.1, 0.15) is 4.83 Å². The number of nitrogens with one attached hydrogen (secondary N) is 1. The maximum absolute atomic E-state index is 12.6. The third-order valence-corrected chi connectivity index (χ3v) is 6.35. The molecule has 0 atom stereocenters. The SMILES string of the molecule is CCN(CC)c1nc2sc(C(=O)Nc3cc4c(cc3N)OCO4)cc2s1.Cl.Cl. The zero-order chi connectivity index (χ0) is 18.3. The van der Waals surface area contributed by atoms with E-state index >= 15 is 0 Å². The van der Waals surface area contributed by atoms with Crippen LogP contribution in [-0.4, -0.2) is 30.8 Å². The van der Waals surface area contributed by atoms with Crippen molar-refractivity contribution in [1.29, 1.82) is 0 Å². The zero-order valence-corrected chi connectivity index (χ0v) is 18.4. The van der Waals surface area contributed by atoms with Gasteiger partial charge in [0.05, 0.1) is 21.0 Å². The minimum absolute atomic E-state index is 0. The molecule has 1 amide bonds. The maximum atomic E-state index is 12.6. The first kappa shape index (κ1) is 22.4. The molecular formula is C17H20Cl2N4O3S2. The van der Waals surface area contributed by atoms with Crippen LogP contribution in [-0.2, 0) is 0 Å². The molecule has 7 nitrogen and oxygen atoms in total. The molecule has 0 saturated heterocycles. The Morgan fingerprint density at radius 2 is 1.86 bits per heavy atom. The number of aromatic nitrogens is 1. The van der Waals surface area contributed by atoms with Crippen molar-refractivity contribution >= 4 is 79.4 Å². The van der Waals surface area contributed by atoms with E-state index in [1.165, 1.54) is 11.3 Å². The number of halogens is 2. The summed E-state index contributed by atoms with van der Waals surface area (Å²) in [4.78, 5) is 20.9. The summed E-state index contributed by atoms with van der Waals surface area (Å²) in [6, 6.07) is 5.22. The highest BCUT2D eigenvalue weighted by Crippen LogP contribution is 2.39. The fraction of sp³-hybridized carbons (Fsp3) is 0.294. The molecule has 0 saturated carbocycles. The van der Waals surface area contributed by atoms with Gasteiger partial charge in [-0.2, -0.15) is 0 Å². The number of benzene rings is 1. The number of anilines is 3. The Bertz CT molecular complexity index is 957. The second-order valence-corrected chi connectivity index (χ2v) is 7.74. The van der Waals surface area contributed by atoms with Gasteiger partial charge in [-0.1, -0.05) is 11.3 Å². The number of carbonyl (C=O) groups is 1. The quantitative estimate of drug-likeness (QED) is 0.537. The van der Waals surface area contributed by atoms with Crippen LogP contribution in [0.2, 0.25) is 0 Å². The molecule has 28 heavy (non-hydrogen) atoms. The first-order valence-electron chi connectivity index (χ1n) is 8.24. The van der Waals surface area contributed by atoms with Crippen LogP contribution in [0.4, 0.5) is 16.5 Å². The van der Waals surface area contributed by atoms with Gasteiger partial charge in [0.25, 0.3) is 5.91 Å². The van der Waals surface area contributed by atoms with E-state index in [9.17, 15) is 4.79 Å².